The molecule has 1 rings (SSSR count). The van der Waals surface area contributed by atoms with Gasteiger partial charge in [0.15, 0.2) is 0 Å². The molecule has 0 fully saturated rings. The van der Waals surface area contributed by atoms with Gasteiger partial charge in [-0.2, -0.15) is 0 Å². The molecule has 1 aromatic heterocycles. The molecule has 0 aliphatic heterocycles. The lowest BCUT2D eigenvalue weighted by atomic mass is 10.1. The van der Waals surface area contributed by atoms with Crippen molar-refractivity contribution in [3.05, 3.63) is 23.5 Å². The summed E-state index contributed by atoms with van der Waals surface area (Å²) >= 11 is 0. The van der Waals surface area contributed by atoms with Crippen LogP contribution in [-0.4, -0.2) is 17.1 Å². The fourth-order valence-electron chi connectivity index (χ4n) is 1.46. The van der Waals surface area contributed by atoms with Gasteiger partial charge in [0.05, 0.1) is 12.3 Å². The van der Waals surface area contributed by atoms with Gasteiger partial charge in [-0.3, -0.25) is 4.98 Å². The summed E-state index contributed by atoms with van der Waals surface area (Å²) in [5.74, 6) is 1.42. The monoisotopic (exact) mass is 250 g/mol. The maximum absolute atomic E-state index is 5.82. The smallest absolute Gasteiger partial charge is 0.142 e. The highest BCUT2D eigenvalue weighted by molar-refractivity contribution is 5.29. The van der Waals surface area contributed by atoms with E-state index in [2.05, 4.69) is 44.9 Å². The number of ether oxygens (including phenoxy) is 1. The van der Waals surface area contributed by atoms with E-state index >= 15 is 0 Å². The van der Waals surface area contributed by atoms with Crippen molar-refractivity contribution < 1.29 is 4.74 Å². The van der Waals surface area contributed by atoms with E-state index in [1.54, 1.807) is 0 Å². The van der Waals surface area contributed by atoms with E-state index in [0.29, 0.717) is 5.92 Å². The molecule has 18 heavy (non-hydrogen) atoms. The van der Waals surface area contributed by atoms with Crippen molar-refractivity contribution >= 4 is 0 Å². The van der Waals surface area contributed by atoms with Gasteiger partial charge in [-0.1, -0.05) is 13.8 Å². The minimum atomic E-state index is 0.0841. The van der Waals surface area contributed by atoms with E-state index in [9.17, 15) is 0 Å². The third-order valence-corrected chi connectivity index (χ3v) is 2.43. The van der Waals surface area contributed by atoms with Gasteiger partial charge in [0.1, 0.15) is 5.75 Å². The van der Waals surface area contributed by atoms with Gasteiger partial charge in [0.25, 0.3) is 0 Å². The Kier molecular flexibility index (Phi) is 5.15. The number of rotatable bonds is 5. The summed E-state index contributed by atoms with van der Waals surface area (Å²) in [7, 11) is 0. The molecule has 0 aromatic carbocycles. The van der Waals surface area contributed by atoms with Crippen LogP contribution in [0.25, 0.3) is 0 Å². The quantitative estimate of drug-likeness (QED) is 0.870. The molecule has 3 heteroatoms. The van der Waals surface area contributed by atoms with Crippen LogP contribution < -0.4 is 10.1 Å². The molecule has 0 amide bonds. The lowest BCUT2D eigenvalue weighted by Crippen LogP contribution is -2.35. The van der Waals surface area contributed by atoms with Gasteiger partial charge < -0.3 is 10.1 Å². The molecule has 0 aliphatic carbocycles. The van der Waals surface area contributed by atoms with Gasteiger partial charge in [-0.25, -0.2) is 0 Å². The van der Waals surface area contributed by atoms with Gasteiger partial charge in [-0.15, -0.1) is 0 Å². The molecule has 0 saturated carbocycles. The lowest BCUT2D eigenvalue weighted by Gasteiger charge is -2.21. The average Bonchev–Trinajstić information content (AvgIpc) is 2.23. The first-order chi connectivity index (χ1) is 8.28. The van der Waals surface area contributed by atoms with Crippen molar-refractivity contribution in [3.63, 3.8) is 0 Å². The number of aromatic nitrogens is 1. The number of hydrogen-bond acceptors (Lipinski definition) is 3. The van der Waals surface area contributed by atoms with Crippen LogP contribution in [0.5, 0.6) is 5.75 Å². The van der Waals surface area contributed by atoms with E-state index in [4.69, 9.17) is 4.74 Å². The van der Waals surface area contributed by atoms with Crippen LogP contribution >= 0.6 is 0 Å². The Morgan fingerprint density at radius 3 is 2.50 bits per heavy atom. The molecule has 1 aromatic rings. The second kappa shape index (κ2) is 6.19. The molecule has 0 atom stereocenters. The Labute approximate surface area is 111 Å². The predicted octanol–water partition coefficient (Wildman–Crippen LogP) is 3.31. The van der Waals surface area contributed by atoms with Crippen LogP contribution in [0.4, 0.5) is 0 Å². The van der Waals surface area contributed by atoms with Crippen molar-refractivity contribution in [2.45, 2.75) is 53.6 Å². The predicted molar refractivity (Wildman–Crippen MR) is 75.9 cm³/mol. The highest BCUT2D eigenvalue weighted by atomic mass is 16.5. The fourth-order valence-corrected chi connectivity index (χ4v) is 1.46. The van der Waals surface area contributed by atoms with Crippen LogP contribution in [0, 0.1) is 12.8 Å². The number of nitrogens with zero attached hydrogens (tertiary/aromatic N) is 1. The molecule has 3 nitrogen and oxygen atoms in total. The molecule has 0 spiro atoms. The normalized spacial score (nSPS) is 11.9. The topological polar surface area (TPSA) is 34.1 Å². The van der Waals surface area contributed by atoms with E-state index in [-0.39, 0.29) is 5.54 Å². The second-order valence-corrected chi connectivity index (χ2v) is 6.21. The minimum absolute atomic E-state index is 0.0841. The molecule has 0 bridgehead atoms. The van der Waals surface area contributed by atoms with E-state index in [1.165, 1.54) is 0 Å². The van der Waals surface area contributed by atoms with Crippen molar-refractivity contribution in [2.24, 2.45) is 5.92 Å². The third kappa shape index (κ3) is 5.50. The first-order valence-corrected chi connectivity index (χ1v) is 6.62. The molecular weight excluding hydrogens is 224 g/mol. The highest BCUT2D eigenvalue weighted by Crippen LogP contribution is 2.18. The molecule has 0 aliphatic rings. The number of hydrogen-bond donors (Lipinski definition) is 1. The van der Waals surface area contributed by atoms with Crippen LogP contribution in [0.3, 0.4) is 0 Å². The maximum Gasteiger partial charge on any atom is 0.142 e. The number of pyridine rings is 1. The summed E-state index contributed by atoms with van der Waals surface area (Å²) in [6.07, 6.45) is 0. The standard InChI is InChI=1S/C15H26N2O/c1-11(2)10-18-14-8-7-12(3)17-13(14)9-16-15(4,5)6/h7-8,11,16H,9-10H2,1-6H3. The first kappa shape index (κ1) is 15.0. The molecule has 0 saturated heterocycles. The Hall–Kier alpha value is -1.09. The third-order valence-electron chi connectivity index (χ3n) is 2.43. The summed E-state index contributed by atoms with van der Waals surface area (Å²) in [5, 5.41) is 3.45. The van der Waals surface area contributed by atoms with E-state index in [1.807, 2.05) is 19.1 Å². The molecule has 1 N–H and O–H groups in total. The minimum Gasteiger partial charge on any atom is -0.491 e. The Balaban J connectivity index is 2.76. The van der Waals surface area contributed by atoms with Crippen LogP contribution in [0.2, 0.25) is 0 Å². The zero-order valence-corrected chi connectivity index (χ0v) is 12.5. The van der Waals surface area contributed by atoms with Crippen LogP contribution in [0.15, 0.2) is 12.1 Å². The summed E-state index contributed by atoms with van der Waals surface area (Å²) in [6.45, 7) is 14.2. The van der Waals surface area contributed by atoms with E-state index in [0.717, 1.165) is 30.3 Å². The summed E-state index contributed by atoms with van der Waals surface area (Å²) in [5.41, 5.74) is 2.10. The van der Waals surface area contributed by atoms with Gasteiger partial charge >= 0.3 is 0 Å². The van der Waals surface area contributed by atoms with Crippen LogP contribution in [-0.2, 0) is 6.54 Å². The fraction of sp³-hybridized carbons (Fsp3) is 0.667. The van der Waals surface area contributed by atoms with Gasteiger partial charge in [0, 0.05) is 17.8 Å². The molecule has 102 valence electrons. The van der Waals surface area contributed by atoms with Gasteiger partial charge in [0.2, 0.25) is 0 Å². The largest absolute Gasteiger partial charge is 0.491 e. The second-order valence-electron chi connectivity index (χ2n) is 6.21. The Morgan fingerprint density at radius 2 is 1.94 bits per heavy atom. The van der Waals surface area contributed by atoms with Gasteiger partial charge in [-0.05, 0) is 45.7 Å². The Morgan fingerprint density at radius 1 is 1.28 bits per heavy atom. The van der Waals surface area contributed by atoms with Crippen molar-refractivity contribution in [3.8, 4) is 5.75 Å². The van der Waals surface area contributed by atoms with Crippen LogP contribution in [0.1, 0.15) is 46.0 Å². The molecular formula is C15H26N2O. The molecule has 0 unspecified atom stereocenters. The van der Waals surface area contributed by atoms with Crippen molar-refractivity contribution in [1.82, 2.24) is 10.3 Å². The number of aryl methyl sites for hydroxylation is 1. The zero-order chi connectivity index (χ0) is 13.8. The molecule has 1 heterocycles. The summed E-state index contributed by atoms with van der Waals surface area (Å²) in [6, 6.07) is 4.01. The summed E-state index contributed by atoms with van der Waals surface area (Å²) < 4.78 is 5.82. The van der Waals surface area contributed by atoms with Crippen molar-refractivity contribution in [1.29, 1.82) is 0 Å². The Bertz CT molecular complexity index is 381. The first-order valence-electron chi connectivity index (χ1n) is 6.62. The SMILES string of the molecule is Cc1ccc(OCC(C)C)c(CNC(C)(C)C)n1. The summed E-state index contributed by atoms with van der Waals surface area (Å²) in [4.78, 5) is 4.57. The van der Waals surface area contributed by atoms with Crippen molar-refractivity contribution in [2.75, 3.05) is 6.61 Å². The molecule has 0 radical (unpaired) electrons. The zero-order valence-electron chi connectivity index (χ0n) is 12.5. The highest BCUT2D eigenvalue weighted by Gasteiger charge is 2.12. The lowest BCUT2D eigenvalue weighted by molar-refractivity contribution is 0.265. The average molecular weight is 250 g/mol. The number of nitrogens with one attached hydrogen (secondary N) is 1. The van der Waals surface area contributed by atoms with E-state index < -0.39 is 0 Å². The maximum atomic E-state index is 5.82.